The van der Waals surface area contributed by atoms with E-state index in [-0.39, 0.29) is 0 Å². The van der Waals surface area contributed by atoms with Crippen LogP contribution in [-0.4, -0.2) is 13.3 Å². The molecule has 0 heterocycles. The molecular weight excluding hydrogens is 110 g/mol. The van der Waals surface area contributed by atoms with Gasteiger partial charge in [-0.1, -0.05) is 18.2 Å². The molecule has 0 aliphatic heterocycles. The summed E-state index contributed by atoms with van der Waals surface area (Å²) in [4.78, 5) is 3.76. The normalized spacial score (nSPS) is 12.4. The van der Waals surface area contributed by atoms with Crippen molar-refractivity contribution in [1.29, 1.82) is 0 Å². The molecule has 0 spiro atoms. The van der Waals surface area contributed by atoms with Crippen LogP contribution in [0.25, 0.3) is 0 Å². The first kappa shape index (κ1) is 8.15. The van der Waals surface area contributed by atoms with Crippen LogP contribution in [0.3, 0.4) is 0 Å². The summed E-state index contributed by atoms with van der Waals surface area (Å²) in [6.45, 7) is 8.12. The van der Waals surface area contributed by atoms with Crippen molar-refractivity contribution in [2.24, 2.45) is 4.99 Å². The Balaban J connectivity index is 3.84. The van der Waals surface area contributed by atoms with E-state index in [4.69, 9.17) is 0 Å². The topological polar surface area (TPSA) is 12.4 Å². The highest BCUT2D eigenvalue weighted by atomic mass is 14.7. The Morgan fingerprint density at radius 1 is 1.56 bits per heavy atom. The van der Waals surface area contributed by atoms with E-state index in [2.05, 4.69) is 11.7 Å². The van der Waals surface area contributed by atoms with Crippen LogP contribution < -0.4 is 0 Å². The summed E-state index contributed by atoms with van der Waals surface area (Å²) in [7, 11) is 0. The zero-order chi connectivity index (χ0) is 7.11. The molecule has 0 atom stereocenters. The number of hydrogen-bond donors (Lipinski definition) is 0. The fourth-order valence-electron chi connectivity index (χ4n) is 0.583. The van der Waals surface area contributed by atoms with Crippen LogP contribution in [0.5, 0.6) is 0 Å². The predicted molar refractivity (Wildman–Crippen MR) is 43.0 cm³/mol. The van der Waals surface area contributed by atoms with E-state index in [1.165, 1.54) is 5.57 Å². The lowest BCUT2D eigenvalue weighted by atomic mass is 10.2. The van der Waals surface area contributed by atoms with Gasteiger partial charge in [0.15, 0.2) is 0 Å². The number of hydrogen-bond acceptors (Lipinski definition) is 1. The number of aliphatic imine (C=N–C) groups is 1. The van der Waals surface area contributed by atoms with Gasteiger partial charge in [-0.25, -0.2) is 0 Å². The molecule has 0 radical (unpaired) electrons. The Hall–Kier alpha value is -0.850. The summed E-state index contributed by atoms with van der Waals surface area (Å²) in [5.74, 6) is 0. The van der Waals surface area contributed by atoms with Crippen molar-refractivity contribution in [3.63, 3.8) is 0 Å². The van der Waals surface area contributed by atoms with E-state index < -0.39 is 0 Å². The lowest BCUT2D eigenvalue weighted by Gasteiger charge is -1.91. The van der Waals surface area contributed by atoms with Gasteiger partial charge in [0.05, 0.1) is 6.54 Å². The molecular formula is C8H13N. The zero-order valence-electron chi connectivity index (χ0n) is 6.09. The third-order valence-corrected chi connectivity index (χ3v) is 1.05. The molecule has 0 bridgehead atoms. The van der Waals surface area contributed by atoms with E-state index in [1.54, 1.807) is 0 Å². The van der Waals surface area contributed by atoms with Crippen molar-refractivity contribution in [3.05, 3.63) is 23.8 Å². The SMILES string of the molecule is C=NCC(/C=C\C)=C/C. The fourth-order valence-corrected chi connectivity index (χ4v) is 0.583. The second kappa shape index (κ2) is 5.29. The Morgan fingerprint density at radius 3 is 2.56 bits per heavy atom. The van der Waals surface area contributed by atoms with Crippen LogP contribution in [0.15, 0.2) is 28.8 Å². The lowest BCUT2D eigenvalue weighted by molar-refractivity contribution is 1.19. The van der Waals surface area contributed by atoms with Crippen molar-refractivity contribution in [1.82, 2.24) is 0 Å². The summed E-state index contributed by atoms with van der Waals surface area (Å²) >= 11 is 0. The van der Waals surface area contributed by atoms with Gasteiger partial charge in [-0.3, -0.25) is 4.99 Å². The Bertz CT molecular complexity index is 132. The third-order valence-electron chi connectivity index (χ3n) is 1.05. The molecule has 0 saturated carbocycles. The highest BCUT2D eigenvalue weighted by Gasteiger charge is 1.82. The molecule has 0 aliphatic rings. The molecule has 0 amide bonds. The number of allylic oxidation sites excluding steroid dienone is 2. The average molecular weight is 123 g/mol. The highest BCUT2D eigenvalue weighted by molar-refractivity contribution is 5.27. The maximum Gasteiger partial charge on any atom is 0.0629 e. The molecule has 0 aliphatic carbocycles. The van der Waals surface area contributed by atoms with Gasteiger partial charge in [0.2, 0.25) is 0 Å². The van der Waals surface area contributed by atoms with Crippen LogP contribution in [0.1, 0.15) is 13.8 Å². The maximum absolute atomic E-state index is 3.76. The van der Waals surface area contributed by atoms with Crippen molar-refractivity contribution in [3.8, 4) is 0 Å². The smallest absolute Gasteiger partial charge is 0.0629 e. The van der Waals surface area contributed by atoms with Crippen LogP contribution in [-0.2, 0) is 0 Å². The number of rotatable bonds is 3. The molecule has 1 nitrogen and oxygen atoms in total. The molecule has 0 aromatic heterocycles. The Morgan fingerprint density at radius 2 is 2.22 bits per heavy atom. The minimum atomic E-state index is 0.723. The summed E-state index contributed by atoms with van der Waals surface area (Å²) in [5, 5.41) is 0. The van der Waals surface area contributed by atoms with E-state index in [9.17, 15) is 0 Å². The van der Waals surface area contributed by atoms with Gasteiger partial charge in [-0.05, 0) is 26.1 Å². The van der Waals surface area contributed by atoms with Crippen LogP contribution in [0.2, 0.25) is 0 Å². The molecule has 0 saturated heterocycles. The molecule has 1 heteroatoms. The van der Waals surface area contributed by atoms with Gasteiger partial charge in [0.25, 0.3) is 0 Å². The summed E-state index contributed by atoms with van der Waals surface area (Å²) in [6, 6.07) is 0. The molecule has 0 unspecified atom stereocenters. The largest absolute Gasteiger partial charge is 0.296 e. The molecule has 0 rings (SSSR count). The maximum atomic E-state index is 3.76. The summed E-state index contributed by atoms with van der Waals surface area (Å²) in [6.07, 6.45) is 6.07. The third kappa shape index (κ3) is 3.71. The van der Waals surface area contributed by atoms with Crippen LogP contribution in [0, 0.1) is 0 Å². The van der Waals surface area contributed by atoms with Gasteiger partial charge in [-0.2, -0.15) is 0 Å². The Labute approximate surface area is 56.8 Å². The van der Waals surface area contributed by atoms with Crippen LogP contribution >= 0.6 is 0 Å². The van der Waals surface area contributed by atoms with Crippen molar-refractivity contribution in [2.45, 2.75) is 13.8 Å². The molecule has 0 fully saturated rings. The molecule has 50 valence electrons. The molecule has 0 aromatic carbocycles. The first-order chi connectivity index (χ1) is 4.35. The highest BCUT2D eigenvalue weighted by Crippen LogP contribution is 1.95. The summed E-state index contributed by atoms with van der Waals surface area (Å²) < 4.78 is 0. The summed E-state index contributed by atoms with van der Waals surface area (Å²) in [5.41, 5.74) is 1.22. The van der Waals surface area contributed by atoms with Gasteiger partial charge >= 0.3 is 0 Å². The minimum Gasteiger partial charge on any atom is -0.296 e. The first-order valence-corrected chi connectivity index (χ1v) is 3.05. The minimum absolute atomic E-state index is 0.723. The number of nitrogens with zero attached hydrogens (tertiary/aromatic N) is 1. The lowest BCUT2D eigenvalue weighted by Crippen LogP contribution is -1.81. The second-order valence-corrected chi connectivity index (χ2v) is 1.75. The van der Waals surface area contributed by atoms with Gasteiger partial charge in [0, 0.05) is 0 Å². The van der Waals surface area contributed by atoms with Crippen molar-refractivity contribution >= 4 is 6.72 Å². The monoisotopic (exact) mass is 123 g/mol. The molecule has 9 heavy (non-hydrogen) atoms. The first-order valence-electron chi connectivity index (χ1n) is 3.05. The standard InChI is InChI=1S/C8H13N/c1-4-6-8(5-2)7-9-3/h4-6H,3,7H2,1-2H3/b6-4-,8-5+. The van der Waals surface area contributed by atoms with E-state index in [0.717, 1.165) is 6.54 Å². The van der Waals surface area contributed by atoms with Crippen molar-refractivity contribution < 1.29 is 0 Å². The quantitative estimate of drug-likeness (QED) is 0.403. The average Bonchev–Trinajstić information content (AvgIpc) is 1.88. The second-order valence-electron chi connectivity index (χ2n) is 1.75. The van der Waals surface area contributed by atoms with E-state index >= 15 is 0 Å². The fraction of sp³-hybridized carbons (Fsp3) is 0.375. The Kier molecular flexibility index (Phi) is 4.79. The van der Waals surface area contributed by atoms with E-state index in [0.29, 0.717) is 0 Å². The molecule has 0 N–H and O–H groups in total. The zero-order valence-corrected chi connectivity index (χ0v) is 6.09. The van der Waals surface area contributed by atoms with Gasteiger partial charge in [0.1, 0.15) is 0 Å². The van der Waals surface area contributed by atoms with Gasteiger partial charge < -0.3 is 0 Å². The van der Waals surface area contributed by atoms with E-state index in [1.807, 2.05) is 32.1 Å². The van der Waals surface area contributed by atoms with Gasteiger partial charge in [-0.15, -0.1) is 0 Å². The van der Waals surface area contributed by atoms with Crippen molar-refractivity contribution in [2.75, 3.05) is 6.54 Å². The van der Waals surface area contributed by atoms with Crippen LogP contribution in [0.4, 0.5) is 0 Å². The molecule has 0 aromatic rings. The predicted octanol–water partition coefficient (Wildman–Crippen LogP) is 2.21.